The summed E-state index contributed by atoms with van der Waals surface area (Å²) in [5.41, 5.74) is 3.93. The summed E-state index contributed by atoms with van der Waals surface area (Å²) in [5, 5.41) is 3.26. The molecule has 1 amide bonds. The molecular weight excluding hydrogens is 278 g/mol. The number of rotatable bonds is 5. The fourth-order valence-electron chi connectivity index (χ4n) is 4.08. The number of hydrogen-bond acceptors (Lipinski definition) is 2. The third kappa shape index (κ3) is 3.82. The standard InChI is InChI=1S/C18H25NOS/c1-12-5-13(2)7-15(6-12)10-21-11-18(20)19-17-9-14-3-4-16(17)8-14/h5-7,14,16-17H,3-4,8-11H2,1-2H3,(H,19,20)/t14-,16-,17-/m0/s1. The highest BCUT2D eigenvalue weighted by molar-refractivity contribution is 7.99. The van der Waals surface area contributed by atoms with Crippen LogP contribution in [0.1, 0.15) is 42.4 Å². The van der Waals surface area contributed by atoms with E-state index in [1.165, 1.54) is 42.4 Å². The average Bonchev–Trinajstić information content (AvgIpc) is 2.99. The van der Waals surface area contributed by atoms with Crippen LogP contribution in [0.4, 0.5) is 0 Å². The van der Waals surface area contributed by atoms with Gasteiger partial charge in [0.05, 0.1) is 5.75 Å². The number of aryl methyl sites for hydroxylation is 2. The molecular formula is C18H25NOS. The van der Waals surface area contributed by atoms with Crippen LogP contribution in [-0.2, 0) is 10.5 Å². The van der Waals surface area contributed by atoms with Crippen LogP contribution in [0.2, 0.25) is 0 Å². The summed E-state index contributed by atoms with van der Waals surface area (Å²) in [7, 11) is 0. The molecule has 0 unspecified atom stereocenters. The molecule has 3 atom stereocenters. The summed E-state index contributed by atoms with van der Waals surface area (Å²) in [4.78, 5) is 12.1. The number of carbonyl (C=O) groups is 1. The van der Waals surface area contributed by atoms with Gasteiger partial charge in [-0.1, -0.05) is 35.7 Å². The first-order chi connectivity index (χ1) is 10.1. The lowest BCUT2D eigenvalue weighted by Gasteiger charge is -2.22. The predicted octanol–water partition coefficient (Wildman–Crippen LogP) is 3.84. The van der Waals surface area contributed by atoms with Crippen LogP contribution in [-0.4, -0.2) is 17.7 Å². The summed E-state index contributed by atoms with van der Waals surface area (Å²) < 4.78 is 0. The van der Waals surface area contributed by atoms with Gasteiger partial charge in [0.15, 0.2) is 0 Å². The summed E-state index contributed by atoms with van der Waals surface area (Å²) in [6.45, 7) is 4.26. The van der Waals surface area contributed by atoms with Crippen LogP contribution in [0, 0.1) is 25.7 Å². The minimum Gasteiger partial charge on any atom is -0.352 e. The summed E-state index contributed by atoms with van der Waals surface area (Å²) in [6, 6.07) is 7.09. The van der Waals surface area contributed by atoms with Crippen molar-refractivity contribution in [2.24, 2.45) is 11.8 Å². The lowest BCUT2D eigenvalue weighted by Crippen LogP contribution is -2.39. The molecule has 21 heavy (non-hydrogen) atoms. The first kappa shape index (κ1) is 15.0. The van der Waals surface area contributed by atoms with Crippen molar-refractivity contribution in [1.82, 2.24) is 5.32 Å². The molecule has 2 aliphatic rings. The Morgan fingerprint density at radius 2 is 1.95 bits per heavy atom. The molecule has 2 bridgehead atoms. The van der Waals surface area contributed by atoms with Gasteiger partial charge >= 0.3 is 0 Å². The van der Waals surface area contributed by atoms with Crippen molar-refractivity contribution < 1.29 is 4.79 Å². The Kier molecular flexibility index (Phi) is 4.58. The van der Waals surface area contributed by atoms with Crippen LogP contribution >= 0.6 is 11.8 Å². The van der Waals surface area contributed by atoms with Crippen molar-refractivity contribution in [2.45, 2.75) is 51.3 Å². The molecule has 0 spiro atoms. The van der Waals surface area contributed by atoms with E-state index in [0.29, 0.717) is 11.8 Å². The fourth-order valence-corrected chi connectivity index (χ4v) is 4.86. The van der Waals surface area contributed by atoms with Crippen LogP contribution in [0.15, 0.2) is 18.2 Å². The van der Waals surface area contributed by atoms with E-state index in [9.17, 15) is 4.79 Å². The minimum atomic E-state index is 0.224. The second-order valence-electron chi connectivity index (χ2n) is 6.84. The van der Waals surface area contributed by atoms with Gasteiger partial charge in [-0.2, -0.15) is 0 Å². The Hall–Kier alpha value is -0.960. The highest BCUT2D eigenvalue weighted by Crippen LogP contribution is 2.44. The van der Waals surface area contributed by atoms with Gasteiger partial charge in [-0.25, -0.2) is 0 Å². The van der Waals surface area contributed by atoms with E-state index >= 15 is 0 Å². The molecule has 3 heteroatoms. The molecule has 0 aromatic heterocycles. The number of carbonyl (C=O) groups excluding carboxylic acids is 1. The van der Waals surface area contributed by atoms with Crippen LogP contribution in [0.3, 0.4) is 0 Å². The van der Waals surface area contributed by atoms with Crippen molar-refractivity contribution in [2.75, 3.05) is 5.75 Å². The zero-order valence-electron chi connectivity index (χ0n) is 13.0. The molecule has 0 aliphatic heterocycles. The zero-order chi connectivity index (χ0) is 14.8. The monoisotopic (exact) mass is 303 g/mol. The van der Waals surface area contributed by atoms with Gasteiger partial charge in [0.2, 0.25) is 5.91 Å². The average molecular weight is 303 g/mol. The summed E-state index contributed by atoms with van der Waals surface area (Å²) >= 11 is 1.72. The van der Waals surface area contributed by atoms with E-state index in [-0.39, 0.29) is 5.91 Å². The maximum Gasteiger partial charge on any atom is 0.230 e. The van der Waals surface area contributed by atoms with Gasteiger partial charge in [0.25, 0.3) is 0 Å². The van der Waals surface area contributed by atoms with Gasteiger partial charge in [-0.05, 0) is 50.5 Å². The van der Waals surface area contributed by atoms with Gasteiger partial charge in [0, 0.05) is 11.8 Å². The molecule has 2 aliphatic carbocycles. The maximum absolute atomic E-state index is 12.1. The number of thioether (sulfide) groups is 1. The lowest BCUT2D eigenvalue weighted by atomic mass is 9.95. The second kappa shape index (κ2) is 6.43. The Bertz CT molecular complexity index is 508. The minimum absolute atomic E-state index is 0.224. The van der Waals surface area contributed by atoms with Crippen LogP contribution in [0.5, 0.6) is 0 Å². The molecule has 0 heterocycles. The van der Waals surface area contributed by atoms with E-state index in [2.05, 4.69) is 37.4 Å². The third-order valence-corrected chi connectivity index (χ3v) is 5.87. The first-order valence-electron chi connectivity index (χ1n) is 8.04. The van der Waals surface area contributed by atoms with Crippen molar-refractivity contribution in [3.05, 3.63) is 34.9 Å². The van der Waals surface area contributed by atoms with Gasteiger partial charge < -0.3 is 5.32 Å². The highest BCUT2D eigenvalue weighted by Gasteiger charge is 2.39. The predicted molar refractivity (Wildman–Crippen MR) is 89.5 cm³/mol. The molecule has 2 fully saturated rings. The molecule has 1 N–H and O–H groups in total. The van der Waals surface area contributed by atoms with Crippen molar-refractivity contribution >= 4 is 17.7 Å². The Labute approximate surface area is 132 Å². The molecule has 3 rings (SSSR count). The van der Waals surface area contributed by atoms with E-state index in [1.807, 2.05) is 0 Å². The molecule has 114 valence electrons. The third-order valence-electron chi connectivity index (χ3n) is 4.87. The van der Waals surface area contributed by atoms with Crippen molar-refractivity contribution in [3.63, 3.8) is 0 Å². The lowest BCUT2D eigenvalue weighted by molar-refractivity contribution is -0.119. The van der Waals surface area contributed by atoms with Gasteiger partial charge in [0.1, 0.15) is 0 Å². The molecule has 0 radical (unpaired) electrons. The first-order valence-corrected chi connectivity index (χ1v) is 9.20. The van der Waals surface area contributed by atoms with Crippen molar-refractivity contribution in [1.29, 1.82) is 0 Å². The SMILES string of the molecule is Cc1cc(C)cc(CSCC(=O)N[C@H]2C[C@H]3CC[C@H]2C3)c1. The Morgan fingerprint density at radius 3 is 2.57 bits per heavy atom. The second-order valence-corrected chi connectivity index (χ2v) is 7.82. The normalized spacial score (nSPS) is 27.0. The van der Waals surface area contributed by atoms with E-state index in [1.54, 1.807) is 11.8 Å². The summed E-state index contributed by atoms with van der Waals surface area (Å²) in [5.74, 6) is 3.39. The number of nitrogens with one attached hydrogen (secondary N) is 1. The number of benzene rings is 1. The largest absolute Gasteiger partial charge is 0.352 e. The molecule has 1 aromatic rings. The smallest absolute Gasteiger partial charge is 0.230 e. The molecule has 1 aromatic carbocycles. The fraction of sp³-hybridized carbons (Fsp3) is 0.611. The van der Waals surface area contributed by atoms with E-state index in [4.69, 9.17) is 0 Å². The number of amides is 1. The Morgan fingerprint density at radius 1 is 1.19 bits per heavy atom. The van der Waals surface area contributed by atoms with Gasteiger partial charge in [-0.15, -0.1) is 11.8 Å². The van der Waals surface area contributed by atoms with E-state index in [0.717, 1.165) is 17.6 Å². The summed E-state index contributed by atoms with van der Waals surface area (Å²) in [6.07, 6.45) is 5.28. The van der Waals surface area contributed by atoms with Crippen LogP contribution in [0.25, 0.3) is 0 Å². The highest BCUT2D eigenvalue weighted by atomic mass is 32.2. The van der Waals surface area contributed by atoms with Crippen LogP contribution < -0.4 is 5.32 Å². The van der Waals surface area contributed by atoms with Gasteiger partial charge in [-0.3, -0.25) is 4.79 Å². The number of hydrogen-bond donors (Lipinski definition) is 1. The maximum atomic E-state index is 12.1. The molecule has 0 saturated heterocycles. The quantitative estimate of drug-likeness (QED) is 0.895. The molecule has 2 nitrogen and oxygen atoms in total. The van der Waals surface area contributed by atoms with E-state index < -0.39 is 0 Å². The zero-order valence-corrected chi connectivity index (χ0v) is 13.8. The number of fused-ring (bicyclic) bond motifs is 2. The van der Waals surface area contributed by atoms with Crippen molar-refractivity contribution in [3.8, 4) is 0 Å². The topological polar surface area (TPSA) is 29.1 Å². The molecule has 2 saturated carbocycles. The Balaban J connectivity index is 1.41.